The molecular formula is C14H14ClN3O2. The van der Waals surface area contributed by atoms with Gasteiger partial charge in [0.1, 0.15) is 5.82 Å². The molecule has 0 fully saturated rings. The highest BCUT2D eigenvalue weighted by molar-refractivity contribution is 6.31. The zero-order valence-electron chi connectivity index (χ0n) is 10.8. The molecule has 1 aliphatic heterocycles. The van der Waals surface area contributed by atoms with Crippen LogP contribution in [0.3, 0.4) is 0 Å². The number of hydrogen-bond acceptors (Lipinski definition) is 3. The first-order valence-corrected chi connectivity index (χ1v) is 6.90. The van der Waals surface area contributed by atoms with Crippen molar-refractivity contribution in [3.05, 3.63) is 46.5 Å². The summed E-state index contributed by atoms with van der Waals surface area (Å²) in [6.07, 6.45) is 1.62. The van der Waals surface area contributed by atoms with Crippen molar-refractivity contribution in [2.24, 2.45) is 5.92 Å². The zero-order valence-corrected chi connectivity index (χ0v) is 11.5. The molecule has 0 saturated heterocycles. The molecule has 3 rings (SSSR count). The minimum atomic E-state index is -0.757. The van der Waals surface area contributed by atoms with Crippen LogP contribution in [-0.2, 0) is 24.2 Å². The number of aliphatic carboxylic acids is 1. The first-order valence-electron chi connectivity index (χ1n) is 6.52. The maximum Gasteiger partial charge on any atom is 0.307 e. The van der Waals surface area contributed by atoms with E-state index in [4.69, 9.17) is 16.7 Å². The van der Waals surface area contributed by atoms with Crippen LogP contribution in [0.5, 0.6) is 0 Å². The second-order valence-corrected chi connectivity index (χ2v) is 5.37. The van der Waals surface area contributed by atoms with Crippen LogP contribution >= 0.6 is 11.6 Å². The molecule has 0 aliphatic carbocycles. The van der Waals surface area contributed by atoms with Crippen molar-refractivity contribution in [2.75, 3.05) is 0 Å². The van der Waals surface area contributed by atoms with Gasteiger partial charge in [0, 0.05) is 24.4 Å². The average molecular weight is 292 g/mol. The summed E-state index contributed by atoms with van der Waals surface area (Å²) >= 11 is 6.13. The molecule has 1 aromatic heterocycles. The number of carboxylic acid groups (broad SMARTS) is 1. The lowest BCUT2D eigenvalue weighted by molar-refractivity contribution is -0.142. The molecule has 0 amide bonds. The van der Waals surface area contributed by atoms with Crippen LogP contribution in [0.2, 0.25) is 5.02 Å². The molecule has 0 bridgehead atoms. The quantitative estimate of drug-likeness (QED) is 0.941. The van der Waals surface area contributed by atoms with Crippen molar-refractivity contribution >= 4 is 17.6 Å². The van der Waals surface area contributed by atoms with Crippen molar-refractivity contribution in [1.82, 2.24) is 14.8 Å². The number of fused-ring (bicyclic) bond motifs is 1. The van der Waals surface area contributed by atoms with Crippen LogP contribution in [0.15, 0.2) is 24.3 Å². The van der Waals surface area contributed by atoms with Crippen LogP contribution in [-0.4, -0.2) is 25.8 Å². The first-order chi connectivity index (χ1) is 9.63. The Morgan fingerprint density at radius 2 is 2.25 bits per heavy atom. The summed E-state index contributed by atoms with van der Waals surface area (Å²) in [5.74, 6) is 0.344. The number of benzene rings is 1. The molecule has 0 spiro atoms. The number of rotatable bonds is 3. The smallest absolute Gasteiger partial charge is 0.307 e. The van der Waals surface area contributed by atoms with E-state index in [1.165, 1.54) is 0 Å². The number of aromatic nitrogens is 3. The molecule has 1 atom stereocenters. The Kier molecular flexibility index (Phi) is 3.44. The maximum absolute atomic E-state index is 11.0. The molecule has 1 aliphatic rings. The second kappa shape index (κ2) is 5.25. The van der Waals surface area contributed by atoms with E-state index in [0.717, 1.165) is 11.4 Å². The minimum Gasteiger partial charge on any atom is -0.481 e. The SMILES string of the molecule is O=C(O)C1CCn2nc(Cc3ccccc3Cl)nc2C1. The molecule has 20 heavy (non-hydrogen) atoms. The van der Waals surface area contributed by atoms with E-state index < -0.39 is 5.97 Å². The molecule has 6 heteroatoms. The van der Waals surface area contributed by atoms with E-state index in [2.05, 4.69) is 10.1 Å². The summed E-state index contributed by atoms with van der Waals surface area (Å²) in [4.78, 5) is 15.5. The predicted molar refractivity (Wildman–Crippen MR) is 73.7 cm³/mol. The number of halogens is 1. The lowest BCUT2D eigenvalue weighted by Gasteiger charge is -2.17. The Hall–Kier alpha value is -1.88. The number of carbonyl (C=O) groups is 1. The van der Waals surface area contributed by atoms with Crippen molar-refractivity contribution in [1.29, 1.82) is 0 Å². The van der Waals surface area contributed by atoms with Crippen LogP contribution < -0.4 is 0 Å². The van der Waals surface area contributed by atoms with E-state index in [-0.39, 0.29) is 5.92 Å². The standard InChI is InChI=1S/C14H14ClN3O2/c15-11-4-2-1-3-9(11)7-12-16-13-8-10(14(19)20)5-6-18(13)17-12/h1-4,10H,5-8H2,(H,19,20). The van der Waals surface area contributed by atoms with Gasteiger partial charge < -0.3 is 5.11 Å². The fourth-order valence-electron chi connectivity index (χ4n) is 2.45. The number of carboxylic acids is 1. The van der Waals surface area contributed by atoms with Gasteiger partial charge in [-0.3, -0.25) is 4.79 Å². The van der Waals surface area contributed by atoms with Gasteiger partial charge in [-0.1, -0.05) is 29.8 Å². The normalized spacial score (nSPS) is 17.8. The minimum absolute atomic E-state index is 0.347. The molecule has 5 nitrogen and oxygen atoms in total. The molecule has 1 N–H and O–H groups in total. The Labute approximate surface area is 121 Å². The average Bonchev–Trinajstić information content (AvgIpc) is 2.82. The van der Waals surface area contributed by atoms with Crippen molar-refractivity contribution in [2.45, 2.75) is 25.8 Å². The van der Waals surface area contributed by atoms with Gasteiger partial charge in [-0.2, -0.15) is 5.10 Å². The van der Waals surface area contributed by atoms with Crippen LogP contribution in [0.25, 0.3) is 0 Å². The van der Waals surface area contributed by atoms with Gasteiger partial charge in [-0.25, -0.2) is 9.67 Å². The predicted octanol–water partition coefficient (Wildman–Crippen LogP) is 2.17. The Morgan fingerprint density at radius 1 is 1.45 bits per heavy atom. The Bertz CT molecular complexity index is 654. The number of hydrogen-bond donors (Lipinski definition) is 1. The van der Waals surface area contributed by atoms with Crippen molar-refractivity contribution in [3.8, 4) is 0 Å². The second-order valence-electron chi connectivity index (χ2n) is 4.96. The largest absolute Gasteiger partial charge is 0.481 e. The third-order valence-corrected chi connectivity index (χ3v) is 3.93. The van der Waals surface area contributed by atoms with Crippen LogP contribution in [0, 0.1) is 5.92 Å². The molecule has 1 unspecified atom stereocenters. The summed E-state index contributed by atoms with van der Waals surface area (Å²) in [6.45, 7) is 0.613. The fraction of sp³-hybridized carbons (Fsp3) is 0.357. The van der Waals surface area contributed by atoms with E-state index in [1.807, 2.05) is 28.9 Å². The topological polar surface area (TPSA) is 68.0 Å². The molecule has 2 aromatic rings. The lowest BCUT2D eigenvalue weighted by Crippen LogP contribution is -2.26. The Balaban J connectivity index is 1.81. The number of nitrogens with zero attached hydrogens (tertiary/aromatic N) is 3. The van der Waals surface area contributed by atoms with Gasteiger partial charge in [-0.15, -0.1) is 0 Å². The van der Waals surface area contributed by atoms with Crippen LogP contribution in [0.4, 0.5) is 0 Å². The third kappa shape index (κ3) is 2.54. The highest BCUT2D eigenvalue weighted by atomic mass is 35.5. The van der Waals surface area contributed by atoms with Gasteiger partial charge >= 0.3 is 5.97 Å². The lowest BCUT2D eigenvalue weighted by atomic mass is 9.98. The zero-order chi connectivity index (χ0) is 14.1. The summed E-state index contributed by atoms with van der Waals surface area (Å²) in [5.41, 5.74) is 0.979. The van der Waals surface area contributed by atoms with E-state index in [1.54, 1.807) is 0 Å². The van der Waals surface area contributed by atoms with Crippen LogP contribution in [0.1, 0.15) is 23.6 Å². The Morgan fingerprint density at radius 3 is 3.00 bits per heavy atom. The van der Waals surface area contributed by atoms with E-state index in [9.17, 15) is 4.79 Å². The molecule has 104 valence electrons. The monoisotopic (exact) mass is 291 g/mol. The maximum atomic E-state index is 11.0. The van der Waals surface area contributed by atoms with Gasteiger partial charge in [0.25, 0.3) is 0 Å². The van der Waals surface area contributed by atoms with Gasteiger partial charge in [0.15, 0.2) is 5.82 Å². The highest BCUT2D eigenvalue weighted by Gasteiger charge is 2.26. The van der Waals surface area contributed by atoms with Crippen molar-refractivity contribution in [3.63, 3.8) is 0 Å². The molecule has 0 saturated carbocycles. The molecular weight excluding hydrogens is 278 g/mol. The highest BCUT2D eigenvalue weighted by Crippen LogP contribution is 2.21. The molecule has 1 aromatic carbocycles. The van der Waals surface area contributed by atoms with E-state index >= 15 is 0 Å². The molecule has 2 heterocycles. The van der Waals surface area contributed by atoms with Gasteiger partial charge in [-0.05, 0) is 18.1 Å². The summed E-state index contributed by atoms with van der Waals surface area (Å²) in [6, 6.07) is 7.60. The number of aryl methyl sites for hydroxylation is 1. The summed E-state index contributed by atoms with van der Waals surface area (Å²) in [5, 5.41) is 14.2. The van der Waals surface area contributed by atoms with Gasteiger partial charge in [0.2, 0.25) is 0 Å². The third-order valence-electron chi connectivity index (χ3n) is 3.57. The summed E-state index contributed by atoms with van der Waals surface area (Å²) < 4.78 is 1.81. The first kappa shape index (κ1) is 13.1. The summed E-state index contributed by atoms with van der Waals surface area (Å²) in [7, 11) is 0. The molecule has 0 radical (unpaired) electrons. The van der Waals surface area contributed by atoms with Gasteiger partial charge in [0.05, 0.1) is 5.92 Å². The van der Waals surface area contributed by atoms with Crippen molar-refractivity contribution < 1.29 is 9.90 Å². The fourth-order valence-corrected chi connectivity index (χ4v) is 2.66. The van der Waals surface area contributed by atoms with E-state index in [0.29, 0.717) is 36.7 Å².